The first-order chi connectivity index (χ1) is 9.60. The van der Waals surface area contributed by atoms with Gasteiger partial charge in [-0.1, -0.05) is 11.6 Å². The number of nitrogens with two attached hydrogens (primary N) is 1. The zero-order valence-electron chi connectivity index (χ0n) is 12.0. The first kappa shape index (κ1) is 15.4. The van der Waals surface area contributed by atoms with Crippen molar-refractivity contribution in [3.05, 3.63) is 22.7 Å². The molecule has 0 radical (unpaired) electrons. The largest absolute Gasteiger partial charge is 0.493 e. The summed E-state index contributed by atoms with van der Waals surface area (Å²) in [6, 6.07) is 3.70. The summed E-state index contributed by atoms with van der Waals surface area (Å²) in [7, 11) is 1.62. The van der Waals surface area contributed by atoms with Crippen LogP contribution in [0, 0.1) is 0 Å². The molecule has 2 rings (SSSR count). The molecule has 0 bridgehead atoms. The summed E-state index contributed by atoms with van der Waals surface area (Å²) >= 11 is 6.13. The van der Waals surface area contributed by atoms with Crippen LogP contribution in [0.1, 0.15) is 25.3 Å². The van der Waals surface area contributed by atoms with Crippen molar-refractivity contribution < 1.29 is 14.2 Å². The van der Waals surface area contributed by atoms with Crippen LogP contribution in [-0.4, -0.2) is 32.5 Å². The monoisotopic (exact) mass is 299 g/mol. The average molecular weight is 300 g/mol. The van der Waals surface area contributed by atoms with Gasteiger partial charge in [0.1, 0.15) is 6.10 Å². The molecule has 1 aromatic rings. The van der Waals surface area contributed by atoms with E-state index in [9.17, 15) is 0 Å². The molecule has 2 unspecified atom stereocenters. The maximum atomic E-state index is 6.13. The van der Waals surface area contributed by atoms with E-state index in [1.807, 2.05) is 13.0 Å². The second-order valence-corrected chi connectivity index (χ2v) is 5.67. The first-order valence-electron chi connectivity index (χ1n) is 6.96. The van der Waals surface area contributed by atoms with Crippen LogP contribution < -0.4 is 15.2 Å². The molecule has 1 fully saturated rings. The minimum absolute atomic E-state index is 0.0307. The number of ether oxygens (including phenoxy) is 3. The molecular formula is C15H22ClNO3. The highest BCUT2D eigenvalue weighted by Gasteiger charge is 2.21. The summed E-state index contributed by atoms with van der Waals surface area (Å²) < 4.78 is 17.0. The van der Waals surface area contributed by atoms with E-state index in [4.69, 9.17) is 31.5 Å². The Bertz CT molecular complexity index is 445. The van der Waals surface area contributed by atoms with E-state index in [2.05, 4.69) is 0 Å². The Morgan fingerprint density at radius 1 is 1.50 bits per heavy atom. The summed E-state index contributed by atoms with van der Waals surface area (Å²) in [4.78, 5) is 0. The van der Waals surface area contributed by atoms with Crippen LogP contribution in [0.5, 0.6) is 11.5 Å². The number of halogens is 1. The Labute approximate surface area is 125 Å². The van der Waals surface area contributed by atoms with Gasteiger partial charge in [-0.15, -0.1) is 0 Å². The lowest BCUT2D eigenvalue weighted by molar-refractivity contribution is 0.00601. The van der Waals surface area contributed by atoms with Gasteiger partial charge in [0, 0.05) is 29.3 Å². The van der Waals surface area contributed by atoms with Gasteiger partial charge in [0.05, 0.1) is 13.7 Å². The minimum Gasteiger partial charge on any atom is -0.493 e. The summed E-state index contributed by atoms with van der Waals surface area (Å²) in [5, 5.41) is 0.629. The predicted molar refractivity (Wildman–Crippen MR) is 79.8 cm³/mol. The molecule has 0 aromatic heterocycles. The summed E-state index contributed by atoms with van der Waals surface area (Å²) in [5.41, 5.74) is 6.89. The van der Waals surface area contributed by atoms with Crippen LogP contribution in [-0.2, 0) is 11.2 Å². The fourth-order valence-corrected chi connectivity index (χ4v) is 2.61. The van der Waals surface area contributed by atoms with Crippen molar-refractivity contribution in [3.8, 4) is 11.5 Å². The highest BCUT2D eigenvalue weighted by molar-refractivity contribution is 6.30. The summed E-state index contributed by atoms with van der Waals surface area (Å²) in [5.74, 6) is 1.39. The van der Waals surface area contributed by atoms with Gasteiger partial charge >= 0.3 is 0 Å². The third kappa shape index (κ3) is 4.01. The van der Waals surface area contributed by atoms with E-state index in [-0.39, 0.29) is 12.1 Å². The van der Waals surface area contributed by atoms with Crippen molar-refractivity contribution in [2.45, 2.75) is 38.3 Å². The van der Waals surface area contributed by atoms with Crippen LogP contribution in [0.4, 0.5) is 0 Å². The number of hydrogen-bond donors (Lipinski definition) is 1. The fourth-order valence-electron chi connectivity index (χ4n) is 2.38. The zero-order chi connectivity index (χ0) is 14.5. The third-order valence-corrected chi connectivity index (χ3v) is 3.48. The molecule has 0 spiro atoms. The fraction of sp³-hybridized carbons (Fsp3) is 0.600. The topological polar surface area (TPSA) is 53.7 Å². The second-order valence-electron chi connectivity index (χ2n) is 5.23. The Kier molecular flexibility index (Phi) is 5.52. The maximum Gasteiger partial charge on any atom is 0.165 e. The van der Waals surface area contributed by atoms with E-state index in [0.717, 1.165) is 30.8 Å². The SMILES string of the molecule is COc1cc(Cl)cc(CC(C)N)c1OC1CCCOC1. The summed E-state index contributed by atoms with van der Waals surface area (Å²) in [6.07, 6.45) is 2.76. The van der Waals surface area contributed by atoms with Crippen LogP contribution in [0.15, 0.2) is 12.1 Å². The lowest BCUT2D eigenvalue weighted by atomic mass is 10.1. The second kappa shape index (κ2) is 7.16. The molecular weight excluding hydrogens is 278 g/mol. The lowest BCUT2D eigenvalue weighted by Crippen LogP contribution is -2.29. The molecule has 0 aliphatic carbocycles. The standard InChI is InChI=1S/C15H22ClNO3/c1-10(17)6-11-7-12(16)8-14(18-2)15(11)20-13-4-3-5-19-9-13/h7-8,10,13H,3-6,9,17H2,1-2H3. The molecule has 5 heteroatoms. The van der Waals surface area contributed by atoms with Gasteiger partial charge in [0.15, 0.2) is 11.5 Å². The summed E-state index contributed by atoms with van der Waals surface area (Å²) in [6.45, 7) is 3.38. The molecule has 0 saturated carbocycles. The van der Waals surface area contributed by atoms with E-state index < -0.39 is 0 Å². The molecule has 4 nitrogen and oxygen atoms in total. The van der Waals surface area contributed by atoms with E-state index in [1.165, 1.54) is 0 Å². The molecule has 1 aromatic carbocycles. The van der Waals surface area contributed by atoms with Crippen LogP contribution in [0.2, 0.25) is 5.02 Å². The van der Waals surface area contributed by atoms with E-state index in [0.29, 0.717) is 23.8 Å². The Morgan fingerprint density at radius 3 is 2.90 bits per heavy atom. The van der Waals surface area contributed by atoms with Gasteiger partial charge in [0.2, 0.25) is 0 Å². The van der Waals surface area contributed by atoms with Crippen molar-refractivity contribution in [3.63, 3.8) is 0 Å². The average Bonchev–Trinajstić information content (AvgIpc) is 2.42. The molecule has 2 N–H and O–H groups in total. The van der Waals surface area contributed by atoms with Gasteiger partial charge in [0.25, 0.3) is 0 Å². The van der Waals surface area contributed by atoms with Gasteiger partial charge in [-0.3, -0.25) is 0 Å². The Morgan fingerprint density at radius 2 is 2.30 bits per heavy atom. The minimum atomic E-state index is 0.0307. The highest BCUT2D eigenvalue weighted by atomic mass is 35.5. The number of hydrogen-bond acceptors (Lipinski definition) is 4. The van der Waals surface area contributed by atoms with Crippen molar-refractivity contribution in [1.82, 2.24) is 0 Å². The zero-order valence-corrected chi connectivity index (χ0v) is 12.8. The van der Waals surface area contributed by atoms with E-state index >= 15 is 0 Å². The molecule has 1 aliphatic heterocycles. The van der Waals surface area contributed by atoms with Crippen molar-refractivity contribution >= 4 is 11.6 Å². The molecule has 2 atom stereocenters. The van der Waals surface area contributed by atoms with Crippen LogP contribution >= 0.6 is 11.6 Å². The Hall–Kier alpha value is -0.970. The molecule has 1 saturated heterocycles. The molecule has 0 amide bonds. The van der Waals surface area contributed by atoms with E-state index in [1.54, 1.807) is 13.2 Å². The van der Waals surface area contributed by atoms with Gasteiger partial charge in [-0.25, -0.2) is 0 Å². The molecule has 1 heterocycles. The third-order valence-electron chi connectivity index (χ3n) is 3.26. The van der Waals surface area contributed by atoms with Crippen molar-refractivity contribution in [1.29, 1.82) is 0 Å². The number of methoxy groups -OCH3 is 1. The van der Waals surface area contributed by atoms with Crippen LogP contribution in [0.3, 0.4) is 0 Å². The Balaban J connectivity index is 2.26. The maximum absolute atomic E-state index is 6.13. The number of benzene rings is 1. The molecule has 1 aliphatic rings. The van der Waals surface area contributed by atoms with Crippen molar-refractivity contribution in [2.24, 2.45) is 5.73 Å². The van der Waals surface area contributed by atoms with Gasteiger partial charge in [-0.05, 0) is 32.3 Å². The predicted octanol–water partition coefficient (Wildman–Crippen LogP) is 2.80. The smallest absolute Gasteiger partial charge is 0.165 e. The molecule has 20 heavy (non-hydrogen) atoms. The quantitative estimate of drug-likeness (QED) is 0.908. The van der Waals surface area contributed by atoms with Gasteiger partial charge < -0.3 is 19.9 Å². The van der Waals surface area contributed by atoms with Crippen LogP contribution in [0.25, 0.3) is 0 Å². The lowest BCUT2D eigenvalue weighted by Gasteiger charge is -2.26. The van der Waals surface area contributed by atoms with Crippen molar-refractivity contribution in [2.75, 3.05) is 20.3 Å². The number of rotatable bonds is 5. The van der Waals surface area contributed by atoms with Gasteiger partial charge in [-0.2, -0.15) is 0 Å². The molecule has 112 valence electrons. The normalized spacial score (nSPS) is 20.5. The first-order valence-corrected chi connectivity index (χ1v) is 7.34. The highest BCUT2D eigenvalue weighted by Crippen LogP contribution is 2.36.